The molecule has 0 aromatic heterocycles. The smallest absolute Gasteiger partial charge is 0.320 e. The number of urea groups is 1. The van der Waals surface area contributed by atoms with Gasteiger partial charge in [-0.2, -0.15) is 0 Å². The second-order valence-corrected chi connectivity index (χ2v) is 7.00. The second-order valence-electron chi connectivity index (χ2n) is 7.00. The first-order valence-corrected chi connectivity index (χ1v) is 7.73. The molecular weight excluding hydrogens is 238 g/mol. The first-order valence-electron chi connectivity index (χ1n) is 7.73. The Morgan fingerprint density at radius 1 is 1.00 bits per heavy atom. The van der Waals surface area contributed by atoms with Crippen LogP contribution in [0.4, 0.5) is 4.79 Å². The van der Waals surface area contributed by atoms with E-state index in [0.717, 1.165) is 64.4 Å². The topological polar surface area (TPSA) is 35.6 Å². The lowest BCUT2D eigenvalue weighted by molar-refractivity contribution is 0.103. The molecule has 19 heavy (non-hydrogen) atoms. The lowest BCUT2D eigenvalue weighted by atomic mass is 9.75. The fourth-order valence-electron chi connectivity index (χ4n) is 3.17. The van der Waals surface area contributed by atoms with Crippen LogP contribution in [0.3, 0.4) is 0 Å². The predicted octanol–water partition coefficient (Wildman–Crippen LogP) is 2.16. The molecule has 0 aliphatic carbocycles. The van der Waals surface area contributed by atoms with Crippen molar-refractivity contribution in [2.45, 2.75) is 40.0 Å². The summed E-state index contributed by atoms with van der Waals surface area (Å²) in [4.78, 5) is 16.6. The van der Waals surface area contributed by atoms with Crippen LogP contribution >= 0.6 is 0 Å². The minimum Gasteiger partial charge on any atom is -0.325 e. The quantitative estimate of drug-likeness (QED) is 0.730. The summed E-state index contributed by atoms with van der Waals surface area (Å²) in [7, 11) is 0. The lowest BCUT2D eigenvalue weighted by Crippen LogP contribution is -2.48. The summed E-state index contributed by atoms with van der Waals surface area (Å²) in [6.45, 7) is 12.6. The molecule has 0 spiro atoms. The Morgan fingerprint density at radius 2 is 1.63 bits per heavy atom. The van der Waals surface area contributed by atoms with Crippen molar-refractivity contribution in [1.29, 1.82) is 0 Å². The number of hydrogen-bond acceptors (Lipinski definition) is 2. The molecule has 4 nitrogen and oxygen atoms in total. The molecule has 2 heterocycles. The molecular formula is C15H29N3O. The van der Waals surface area contributed by atoms with E-state index in [1.807, 2.05) is 4.90 Å². The Kier molecular flexibility index (Phi) is 4.71. The van der Waals surface area contributed by atoms with Crippen molar-refractivity contribution in [3.05, 3.63) is 0 Å². The maximum absolute atomic E-state index is 12.5. The summed E-state index contributed by atoms with van der Waals surface area (Å²) in [5.74, 6) is 0.752. The molecule has 110 valence electrons. The molecule has 0 aromatic rings. The van der Waals surface area contributed by atoms with E-state index in [0.29, 0.717) is 5.41 Å². The molecule has 1 N–H and O–H groups in total. The molecule has 2 aliphatic heterocycles. The third kappa shape index (κ3) is 3.85. The number of amides is 2. The summed E-state index contributed by atoms with van der Waals surface area (Å²) < 4.78 is 0. The number of nitrogens with one attached hydrogen (secondary N) is 1. The van der Waals surface area contributed by atoms with E-state index in [4.69, 9.17) is 0 Å². The predicted molar refractivity (Wildman–Crippen MR) is 78.2 cm³/mol. The van der Waals surface area contributed by atoms with Crippen LogP contribution in [0.5, 0.6) is 0 Å². The van der Waals surface area contributed by atoms with Crippen molar-refractivity contribution in [1.82, 2.24) is 15.1 Å². The van der Waals surface area contributed by atoms with Crippen LogP contribution in [-0.4, -0.2) is 55.1 Å². The molecule has 0 atom stereocenters. The van der Waals surface area contributed by atoms with Gasteiger partial charge < -0.3 is 15.1 Å². The molecule has 0 radical (unpaired) electrons. The van der Waals surface area contributed by atoms with Crippen LogP contribution in [-0.2, 0) is 0 Å². The van der Waals surface area contributed by atoms with E-state index in [1.54, 1.807) is 0 Å². The number of hydrogen-bond donors (Lipinski definition) is 1. The van der Waals surface area contributed by atoms with Crippen LogP contribution in [0, 0.1) is 11.3 Å². The highest BCUT2D eigenvalue weighted by Gasteiger charge is 2.31. The maximum atomic E-state index is 12.5. The Hall–Kier alpha value is -0.770. The summed E-state index contributed by atoms with van der Waals surface area (Å²) in [6.07, 6.45) is 3.38. The molecule has 0 aromatic carbocycles. The van der Waals surface area contributed by atoms with E-state index in [1.165, 1.54) is 0 Å². The van der Waals surface area contributed by atoms with Crippen LogP contribution in [0.2, 0.25) is 0 Å². The highest BCUT2D eigenvalue weighted by molar-refractivity contribution is 5.74. The highest BCUT2D eigenvalue weighted by atomic mass is 16.2. The summed E-state index contributed by atoms with van der Waals surface area (Å²) in [5, 5.41) is 3.35. The Labute approximate surface area is 117 Å². The minimum atomic E-state index is 0.260. The Bertz CT molecular complexity index is 295. The average molecular weight is 267 g/mol. The lowest BCUT2D eigenvalue weighted by Gasteiger charge is -2.40. The van der Waals surface area contributed by atoms with E-state index < -0.39 is 0 Å². The zero-order valence-corrected chi connectivity index (χ0v) is 12.7. The monoisotopic (exact) mass is 267 g/mol. The van der Waals surface area contributed by atoms with Gasteiger partial charge >= 0.3 is 6.03 Å². The summed E-state index contributed by atoms with van der Waals surface area (Å²) in [6, 6.07) is 0.260. The van der Waals surface area contributed by atoms with E-state index in [9.17, 15) is 4.79 Å². The fourth-order valence-corrected chi connectivity index (χ4v) is 3.17. The van der Waals surface area contributed by atoms with Crippen molar-refractivity contribution < 1.29 is 4.79 Å². The van der Waals surface area contributed by atoms with Gasteiger partial charge in [0.25, 0.3) is 0 Å². The number of piperidine rings is 1. The van der Waals surface area contributed by atoms with Gasteiger partial charge in [-0.3, -0.25) is 0 Å². The normalized spacial score (nSPS) is 23.3. The van der Waals surface area contributed by atoms with Gasteiger partial charge in [-0.25, -0.2) is 4.79 Å². The number of carbonyl (C=O) groups excluding carboxylic acids is 1. The van der Waals surface area contributed by atoms with E-state index in [-0.39, 0.29) is 6.03 Å². The summed E-state index contributed by atoms with van der Waals surface area (Å²) >= 11 is 0. The molecule has 2 fully saturated rings. The van der Waals surface area contributed by atoms with Gasteiger partial charge in [-0.1, -0.05) is 20.8 Å². The van der Waals surface area contributed by atoms with E-state index >= 15 is 0 Å². The standard InChI is InChI=1S/C15H29N3O/c1-15(2,3)13-5-10-18(11-6-13)14(19)17-9-4-7-16-8-12-17/h13,16H,4-12H2,1-3H3. The van der Waals surface area contributed by atoms with Crippen LogP contribution < -0.4 is 5.32 Å². The second kappa shape index (κ2) is 6.12. The number of likely N-dealkylation sites (tertiary alicyclic amines) is 1. The first-order chi connectivity index (χ1) is 8.98. The van der Waals surface area contributed by atoms with Gasteiger partial charge in [0, 0.05) is 32.7 Å². The van der Waals surface area contributed by atoms with Crippen molar-refractivity contribution in [2.24, 2.45) is 11.3 Å². The van der Waals surface area contributed by atoms with E-state index in [2.05, 4.69) is 31.0 Å². The minimum absolute atomic E-state index is 0.260. The zero-order valence-electron chi connectivity index (χ0n) is 12.7. The molecule has 2 amide bonds. The van der Waals surface area contributed by atoms with Crippen molar-refractivity contribution in [3.8, 4) is 0 Å². The Morgan fingerprint density at radius 3 is 2.26 bits per heavy atom. The van der Waals surface area contributed by atoms with Gasteiger partial charge in [0.05, 0.1) is 0 Å². The molecule has 0 bridgehead atoms. The van der Waals surface area contributed by atoms with Gasteiger partial charge in [-0.15, -0.1) is 0 Å². The number of rotatable bonds is 0. The average Bonchev–Trinajstić information content (AvgIpc) is 2.66. The SMILES string of the molecule is CC(C)(C)C1CCN(C(=O)N2CCCNCC2)CC1. The fraction of sp³-hybridized carbons (Fsp3) is 0.933. The third-order valence-electron chi connectivity index (χ3n) is 4.60. The van der Waals surface area contributed by atoms with Crippen molar-refractivity contribution in [2.75, 3.05) is 39.3 Å². The van der Waals surface area contributed by atoms with Gasteiger partial charge in [0.1, 0.15) is 0 Å². The maximum Gasteiger partial charge on any atom is 0.320 e. The van der Waals surface area contributed by atoms with Gasteiger partial charge in [0.2, 0.25) is 0 Å². The molecule has 0 saturated carbocycles. The molecule has 2 rings (SSSR count). The molecule has 2 saturated heterocycles. The molecule has 2 aliphatic rings. The third-order valence-corrected chi connectivity index (χ3v) is 4.60. The van der Waals surface area contributed by atoms with Crippen molar-refractivity contribution in [3.63, 3.8) is 0 Å². The van der Waals surface area contributed by atoms with Crippen LogP contribution in [0.25, 0.3) is 0 Å². The first kappa shape index (κ1) is 14.6. The van der Waals surface area contributed by atoms with Gasteiger partial charge in [0.15, 0.2) is 0 Å². The van der Waals surface area contributed by atoms with Gasteiger partial charge in [-0.05, 0) is 37.1 Å². The number of nitrogens with zero attached hydrogens (tertiary/aromatic N) is 2. The van der Waals surface area contributed by atoms with Crippen LogP contribution in [0.1, 0.15) is 40.0 Å². The largest absolute Gasteiger partial charge is 0.325 e. The Balaban J connectivity index is 1.85. The van der Waals surface area contributed by atoms with Crippen LogP contribution in [0.15, 0.2) is 0 Å². The zero-order chi connectivity index (χ0) is 13.9. The highest BCUT2D eigenvalue weighted by Crippen LogP contribution is 2.34. The number of carbonyl (C=O) groups is 1. The summed E-state index contributed by atoms with van der Waals surface area (Å²) in [5.41, 5.74) is 0.377. The molecule has 4 heteroatoms. The molecule has 0 unspecified atom stereocenters. The van der Waals surface area contributed by atoms with Crippen molar-refractivity contribution >= 4 is 6.03 Å².